The Morgan fingerprint density at radius 3 is 2.38 bits per heavy atom. The number of aryl methyl sites for hydroxylation is 1. The molecule has 4 nitrogen and oxygen atoms in total. The van der Waals surface area contributed by atoms with Crippen molar-refractivity contribution in [2.75, 3.05) is 10.6 Å². The fourth-order valence-electron chi connectivity index (χ4n) is 2.31. The number of carbonyl (C=O) groups excluding carboxylic acids is 2. The molecule has 1 heterocycles. The Balaban J connectivity index is 1.74. The number of thiophene rings is 1. The molecular formula is C19H14BrClN2O2S. The number of hydrogen-bond donors (Lipinski definition) is 2. The molecule has 0 saturated heterocycles. The Bertz CT molecular complexity index is 970. The third-order valence-electron chi connectivity index (χ3n) is 3.58. The van der Waals surface area contributed by atoms with Crippen LogP contribution in [0.2, 0.25) is 5.02 Å². The summed E-state index contributed by atoms with van der Waals surface area (Å²) in [5.41, 5.74) is 1.88. The molecule has 3 rings (SSSR count). The number of benzene rings is 2. The molecule has 0 bridgehead atoms. The van der Waals surface area contributed by atoms with E-state index in [-0.39, 0.29) is 11.8 Å². The van der Waals surface area contributed by atoms with Gasteiger partial charge in [0, 0.05) is 10.2 Å². The molecule has 26 heavy (non-hydrogen) atoms. The van der Waals surface area contributed by atoms with Crippen molar-refractivity contribution in [1.29, 1.82) is 0 Å². The molecule has 0 aliphatic carbocycles. The number of carbonyl (C=O) groups is 2. The molecule has 0 unspecified atom stereocenters. The van der Waals surface area contributed by atoms with E-state index in [1.54, 1.807) is 30.3 Å². The van der Waals surface area contributed by atoms with Gasteiger partial charge in [-0.15, -0.1) is 11.3 Å². The van der Waals surface area contributed by atoms with Crippen LogP contribution in [-0.2, 0) is 0 Å². The lowest BCUT2D eigenvalue weighted by Crippen LogP contribution is -2.11. The summed E-state index contributed by atoms with van der Waals surface area (Å²) in [6, 6.07) is 15.9. The van der Waals surface area contributed by atoms with E-state index in [1.807, 2.05) is 31.2 Å². The van der Waals surface area contributed by atoms with Crippen molar-refractivity contribution in [3.05, 3.63) is 80.1 Å². The second-order valence-electron chi connectivity index (χ2n) is 5.52. The van der Waals surface area contributed by atoms with Gasteiger partial charge >= 0.3 is 0 Å². The van der Waals surface area contributed by atoms with Crippen molar-refractivity contribution < 1.29 is 9.59 Å². The van der Waals surface area contributed by atoms with Crippen molar-refractivity contribution in [2.45, 2.75) is 6.92 Å². The van der Waals surface area contributed by atoms with Gasteiger partial charge in [-0.3, -0.25) is 9.59 Å². The quantitative estimate of drug-likeness (QED) is 0.515. The Labute approximate surface area is 168 Å². The van der Waals surface area contributed by atoms with Crippen molar-refractivity contribution in [3.63, 3.8) is 0 Å². The molecule has 0 spiro atoms. The van der Waals surface area contributed by atoms with Gasteiger partial charge < -0.3 is 10.6 Å². The molecule has 0 atom stereocenters. The van der Waals surface area contributed by atoms with Crippen LogP contribution >= 0.6 is 38.9 Å². The van der Waals surface area contributed by atoms with Crippen LogP contribution in [0, 0.1) is 6.92 Å². The van der Waals surface area contributed by atoms with Crippen molar-refractivity contribution in [3.8, 4) is 0 Å². The molecule has 2 N–H and O–H groups in total. The topological polar surface area (TPSA) is 58.2 Å². The number of hydrogen-bond acceptors (Lipinski definition) is 3. The van der Waals surface area contributed by atoms with Crippen LogP contribution < -0.4 is 10.6 Å². The second-order valence-corrected chi connectivity index (χ2v) is 7.89. The van der Waals surface area contributed by atoms with E-state index in [2.05, 4.69) is 26.6 Å². The Kier molecular flexibility index (Phi) is 5.76. The number of anilines is 2. The smallest absolute Gasteiger partial charge is 0.266 e. The van der Waals surface area contributed by atoms with Gasteiger partial charge in [0.05, 0.1) is 20.5 Å². The normalized spacial score (nSPS) is 10.4. The first-order valence-electron chi connectivity index (χ1n) is 7.67. The minimum atomic E-state index is -0.309. The van der Waals surface area contributed by atoms with Gasteiger partial charge in [-0.05, 0) is 55.0 Å². The molecule has 0 radical (unpaired) electrons. The first-order chi connectivity index (χ1) is 12.4. The zero-order chi connectivity index (χ0) is 18.7. The Hall–Kier alpha value is -2.15. The Morgan fingerprint density at radius 1 is 1.00 bits per heavy atom. The van der Waals surface area contributed by atoms with E-state index in [9.17, 15) is 9.59 Å². The summed E-state index contributed by atoms with van der Waals surface area (Å²) >= 11 is 10.6. The highest BCUT2D eigenvalue weighted by molar-refractivity contribution is 9.10. The average Bonchev–Trinajstić information content (AvgIpc) is 2.97. The number of amides is 2. The molecule has 1 aromatic heterocycles. The van der Waals surface area contributed by atoms with E-state index < -0.39 is 0 Å². The maximum atomic E-state index is 12.5. The standard InChI is InChI=1S/C19H14BrClN2O2S/c1-11-10-16(23-18(24)14-4-2-3-5-15(14)21)26-17(11)19(25)22-13-8-6-12(20)7-9-13/h2-10H,1H3,(H,22,25)(H,23,24). The molecular weight excluding hydrogens is 436 g/mol. The predicted molar refractivity (Wildman–Crippen MR) is 111 cm³/mol. The fourth-order valence-corrected chi connectivity index (χ4v) is 3.76. The SMILES string of the molecule is Cc1cc(NC(=O)c2ccccc2Cl)sc1C(=O)Nc1ccc(Br)cc1. The molecule has 0 fully saturated rings. The lowest BCUT2D eigenvalue weighted by Gasteiger charge is -2.05. The van der Waals surface area contributed by atoms with Gasteiger partial charge in [0.1, 0.15) is 0 Å². The lowest BCUT2D eigenvalue weighted by atomic mass is 10.2. The van der Waals surface area contributed by atoms with E-state index in [4.69, 9.17) is 11.6 Å². The molecule has 2 aromatic carbocycles. The summed E-state index contributed by atoms with van der Waals surface area (Å²) in [7, 11) is 0. The van der Waals surface area contributed by atoms with Crippen LogP contribution in [0.1, 0.15) is 25.6 Å². The summed E-state index contributed by atoms with van der Waals surface area (Å²) in [6.07, 6.45) is 0. The van der Waals surface area contributed by atoms with Crippen molar-refractivity contribution in [2.24, 2.45) is 0 Å². The van der Waals surface area contributed by atoms with Gasteiger partial charge in [-0.2, -0.15) is 0 Å². The van der Waals surface area contributed by atoms with E-state index >= 15 is 0 Å². The summed E-state index contributed by atoms with van der Waals surface area (Å²) < 4.78 is 0.937. The number of nitrogens with one attached hydrogen (secondary N) is 2. The molecule has 2 amide bonds. The monoisotopic (exact) mass is 448 g/mol. The predicted octanol–water partition coefficient (Wildman–Crippen LogP) is 5.98. The molecule has 3 aromatic rings. The first-order valence-corrected chi connectivity index (χ1v) is 9.66. The fraction of sp³-hybridized carbons (Fsp3) is 0.0526. The second kappa shape index (κ2) is 8.03. The Morgan fingerprint density at radius 2 is 1.69 bits per heavy atom. The van der Waals surface area contributed by atoms with Gasteiger partial charge in [-0.1, -0.05) is 39.7 Å². The number of rotatable bonds is 4. The first kappa shape index (κ1) is 18.6. The van der Waals surface area contributed by atoms with Crippen LogP contribution in [0.3, 0.4) is 0 Å². The van der Waals surface area contributed by atoms with Gasteiger partial charge in [0.2, 0.25) is 0 Å². The molecule has 0 aliphatic heterocycles. The average molecular weight is 450 g/mol. The molecule has 0 aliphatic rings. The maximum Gasteiger partial charge on any atom is 0.266 e. The van der Waals surface area contributed by atoms with Crippen LogP contribution in [0.5, 0.6) is 0 Å². The summed E-state index contributed by atoms with van der Waals surface area (Å²) in [5.74, 6) is -0.523. The third kappa shape index (κ3) is 4.33. The van der Waals surface area contributed by atoms with Crippen LogP contribution in [0.4, 0.5) is 10.7 Å². The van der Waals surface area contributed by atoms with Crippen LogP contribution in [-0.4, -0.2) is 11.8 Å². The molecule has 7 heteroatoms. The summed E-state index contributed by atoms with van der Waals surface area (Å²) in [5, 5.41) is 6.62. The summed E-state index contributed by atoms with van der Waals surface area (Å²) in [6.45, 7) is 1.83. The van der Waals surface area contributed by atoms with Gasteiger partial charge in [-0.25, -0.2) is 0 Å². The maximum absolute atomic E-state index is 12.5. The highest BCUT2D eigenvalue weighted by Gasteiger charge is 2.16. The number of halogens is 2. The summed E-state index contributed by atoms with van der Waals surface area (Å²) in [4.78, 5) is 25.4. The van der Waals surface area contributed by atoms with E-state index in [0.29, 0.717) is 26.2 Å². The zero-order valence-electron chi connectivity index (χ0n) is 13.7. The van der Waals surface area contributed by atoms with Crippen LogP contribution in [0.25, 0.3) is 0 Å². The minimum Gasteiger partial charge on any atom is -0.321 e. The zero-order valence-corrected chi connectivity index (χ0v) is 16.8. The lowest BCUT2D eigenvalue weighted by molar-refractivity contribution is 0.102. The van der Waals surface area contributed by atoms with Gasteiger partial charge in [0.15, 0.2) is 0 Å². The highest BCUT2D eigenvalue weighted by atomic mass is 79.9. The largest absolute Gasteiger partial charge is 0.321 e. The van der Waals surface area contributed by atoms with Crippen molar-refractivity contribution >= 4 is 61.4 Å². The van der Waals surface area contributed by atoms with Crippen LogP contribution in [0.15, 0.2) is 59.1 Å². The van der Waals surface area contributed by atoms with E-state index in [0.717, 1.165) is 10.0 Å². The van der Waals surface area contributed by atoms with E-state index in [1.165, 1.54) is 11.3 Å². The highest BCUT2D eigenvalue weighted by Crippen LogP contribution is 2.28. The van der Waals surface area contributed by atoms with Crippen molar-refractivity contribution in [1.82, 2.24) is 0 Å². The van der Waals surface area contributed by atoms with Gasteiger partial charge in [0.25, 0.3) is 11.8 Å². The third-order valence-corrected chi connectivity index (χ3v) is 5.59. The molecule has 132 valence electrons. The minimum absolute atomic E-state index is 0.215. The molecule has 0 saturated carbocycles.